The fourth-order valence-corrected chi connectivity index (χ4v) is 1.78. The highest BCUT2D eigenvalue weighted by atomic mass is 79.9. The van der Waals surface area contributed by atoms with E-state index in [1.54, 1.807) is 6.20 Å². The van der Waals surface area contributed by atoms with Crippen LogP contribution in [0.1, 0.15) is 12.6 Å². The smallest absolute Gasteiger partial charge is 0.180 e. The van der Waals surface area contributed by atoms with Gasteiger partial charge in [-0.05, 0) is 41.9 Å². The molecule has 1 N–H and O–H groups in total. The second-order valence-electron chi connectivity index (χ2n) is 3.58. The summed E-state index contributed by atoms with van der Waals surface area (Å²) in [4.78, 5) is 13.1. The molecule has 0 saturated carbocycles. The molecule has 17 heavy (non-hydrogen) atoms. The molecule has 0 radical (unpaired) electrons. The third-order valence-electron chi connectivity index (χ3n) is 2.21. The molecule has 0 aliphatic heterocycles. The van der Waals surface area contributed by atoms with Crippen LogP contribution in [-0.4, -0.2) is 21.5 Å². The summed E-state index contributed by atoms with van der Waals surface area (Å²) in [6.45, 7) is 4.79. The maximum atomic E-state index is 4.44. The average molecular weight is 293 g/mol. The average Bonchev–Trinajstić information content (AvgIpc) is 2.32. The van der Waals surface area contributed by atoms with Gasteiger partial charge in [-0.1, -0.05) is 6.07 Å². The highest BCUT2D eigenvalue weighted by Gasteiger charge is 2.07. The Bertz CT molecular complexity index is 528. The van der Waals surface area contributed by atoms with E-state index in [2.05, 4.69) is 36.2 Å². The summed E-state index contributed by atoms with van der Waals surface area (Å²) in [6, 6.07) is 5.81. The zero-order chi connectivity index (χ0) is 12.3. The van der Waals surface area contributed by atoms with Crippen LogP contribution in [0.3, 0.4) is 0 Å². The maximum absolute atomic E-state index is 4.44. The minimum absolute atomic E-state index is 0.632. The third kappa shape index (κ3) is 2.79. The lowest BCUT2D eigenvalue weighted by Gasteiger charge is -2.07. The Morgan fingerprint density at radius 2 is 2.12 bits per heavy atom. The van der Waals surface area contributed by atoms with E-state index in [1.165, 1.54) is 0 Å². The zero-order valence-electron chi connectivity index (χ0n) is 9.74. The lowest BCUT2D eigenvalue weighted by Crippen LogP contribution is -2.03. The number of nitrogens with zero attached hydrogens (tertiary/aromatic N) is 3. The van der Waals surface area contributed by atoms with Gasteiger partial charge < -0.3 is 5.32 Å². The largest absolute Gasteiger partial charge is 0.369 e. The van der Waals surface area contributed by atoms with Gasteiger partial charge in [0.2, 0.25) is 0 Å². The molecule has 0 spiro atoms. The van der Waals surface area contributed by atoms with Crippen LogP contribution >= 0.6 is 15.9 Å². The molecule has 0 fully saturated rings. The number of aromatic nitrogens is 3. The first-order valence-electron chi connectivity index (χ1n) is 5.41. The van der Waals surface area contributed by atoms with Crippen molar-refractivity contribution >= 4 is 21.7 Å². The van der Waals surface area contributed by atoms with E-state index in [4.69, 9.17) is 0 Å². The monoisotopic (exact) mass is 292 g/mol. The van der Waals surface area contributed by atoms with E-state index >= 15 is 0 Å². The van der Waals surface area contributed by atoms with Gasteiger partial charge in [0.1, 0.15) is 11.5 Å². The first-order valence-corrected chi connectivity index (χ1v) is 6.20. The fraction of sp³-hybridized carbons (Fsp3) is 0.250. The molecule has 4 nitrogen and oxygen atoms in total. The Kier molecular flexibility index (Phi) is 3.68. The van der Waals surface area contributed by atoms with Crippen LogP contribution in [0.15, 0.2) is 28.9 Å². The molecule has 0 amide bonds. The highest BCUT2D eigenvalue weighted by molar-refractivity contribution is 9.10. The van der Waals surface area contributed by atoms with E-state index < -0.39 is 0 Å². The summed E-state index contributed by atoms with van der Waals surface area (Å²) in [6.07, 6.45) is 1.74. The summed E-state index contributed by atoms with van der Waals surface area (Å²) in [5, 5.41) is 3.17. The van der Waals surface area contributed by atoms with Crippen LogP contribution in [0.2, 0.25) is 0 Å². The molecule has 0 aromatic carbocycles. The van der Waals surface area contributed by atoms with Crippen molar-refractivity contribution in [2.24, 2.45) is 0 Å². The minimum atomic E-state index is 0.632. The van der Waals surface area contributed by atoms with Gasteiger partial charge in [-0.25, -0.2) is 15.0 Å². The molecule has 88 valence electrons. The topological polar surface area (TPSA) is 50.7 Å². The molecular formula is C12H13BrN4. The summed E-state index contributed by atoms with van der Waals surface area (Å²) in [7, 11) is 0. The van der Waals surface area contributed by atoms with Crippen LogP contribution in [0.4, 0.5) is 5.82 Å². The Balaban J connectivity index is 2.42. The summed E-state index contributed by atoms with van der Waals surface area (Å²) < 4.78 is 0.857. The number of hydrogen-bond donors (Lipinski definition) is 1. The van der Waals surface area contributed by atoms with E-state index in [1.807, 2.05) is 32.0 Å². The number of nitrogens with one attached hydrogen (secondary N) is 1. The molecule has 0 aliphatic carbocycles. The molecule has 2 aromatic heterocycles. The van der Waals surface area contributed by atoms with Crippen molar-refractivity contribution in [1.82, 2.24) is 15.0 Å². The molecule has 5 heteroatoms. The number of aryl methyl sites for hydroxylation is 1. The number of anilines is 1. The van der Waals surface area contributed by atoms with Gasteiger partial charge in [0.15, 0.2) is 5.82 Å². The van der Waals surface area contributed by atoms with Gasteiger partial charge >= 0.3 is 0 Å². The van der Waals surface area contributed by atoms with Crippen molar-refractivity contribution in [3.8, 4) is 11.5 Å². The first-order chi connectivity index (χ1) is 8.20. The predicted molar refractivity (Wildman–Crippen MR) is 71.9 cm³/mol. The Hall–Kier alpha value is -1.49. The number of halogens is 1. The molecular weight excluding hydrogens is 280 g/mol. The van der Waals surface area contributed by atoms with Crippen LogP contribution in [0.25, 0.3) is 11.5 Å². The van der Waals surface area contributed by atoms with Crippen molar-refractivity contribution < 1.29 is 0 Å². The van der Waals surface area contributed by atoms with Crippen molar-refractivity contribution in [2.45, 2.75) is 13.8 Å². The second-order valence-corrected chi connectivity index (χ2v) is 4.44. The normalized spacial score (nSPS) is 10.3. The van der Waals surface area contributed by atoms with Crippen LogP contribution < -0.4 is 5.32 Å². The van der Waals surface area contributed by atoms with Gasteiger partial charge in [0, 0.05) is 18.4 Å². The SMILES string of the molecule is CCNc1nc(-c2cccc(C)n2)ncc1Br. The summed E-state index contributed by atoms with van der Waals surface area (Å²) in [5.41, 5.74) is 1.75. The zero-order valence-corrected chi connectivity index (χ0v) is 11.3. The molecule has 0 bridgehead atoms. The third-order valence-corrected chi connectivity index (χ3v) is 2.79. The number of hydrogen-bond acceptors (Lipinski definition) is 4. The van der Waals surface area contributed by atoms with E-state index in [-0.39, 0.29) is 0 Å². The van der Waals surface area contributed by atoms with Gasteiger partial charge in [-0.15, -0.1) is 0 Å². The van der Waals surface area contributed by atoms with Gasteiger partial charge in [-0.2, -0.15) is 0 Å². The second kappa shape index (κ2) is 5.23. The van der Waals surface area contributed by atoms with Crippen molar-refractivity contribution in [1.29, 1.82) is 0 Å². The molecule has 2 heterocycles. The molecule has 0 saturated heterocycles. The van der Waals surface area contributed by atoms with Crippen molar-refractivity contribution in [3.05, 3.63) is 34.6 Å². The van der Waals surface area contributed by atoms with E-state index in [9.17, 15) is 0 Å². The Morgan fingerprint density at radius 3 is 2.82 bits per heavy atom. The van der Waals surface area contributed by atoms with Gasteiger partial charge in [-0.3, -0.25) is 0 Å². The van der Waals surface area contributed by atoms with Crippen molar-refractivity contribution in [2.75, 3.05) is 11.9 Å². The number of pyridine rings is 1. The number of rotatable bonds is 3. The minimum Gasteiger partial charge on any atom is -0.369 e. The summed E-state index contributed by atoms with van der Waals surface area (Å²) in [5.74, 6) is 1.42. The summed E-state index contributed by atoms with van der Waals surface area (Å²) >= 11 is 3.41. The standard InChI is InChI=1S/C12H13BrN4/c1-3-14-11-9(13)7-15-12(17-11)10-6-4-5-8(2)16-10/h4-7H,3H2,1-2H3,(H,14,15,17). The highest BCUT2D eigenvalue weighted by Crippen LogP contribution is 2.22. The first kappa shape index (κ1) is 12.0. The Morgan fingerprint density at radius 1 is 1.29 bits per heavy atom. The molecule has 0 unspecified atom stereocenters. The van der Waals surface area contributed by atoms with Crippen molar-refractivity contribution in [3.63, 3.8) is 0 Å². The van der Waals surface area contributed by atoms with Crippen LogP contribution in [0, 0.1) is 6.92 Å². The molecule has 2 aromatic rings. The maximum Gasteiger partial charge on any atom is 0.180 e. The van der Waals surface area contributed by atoms with Gasteiger partial charge in [0.25, 0.3) is 0 Å². The lowest BCUT2D eigenvalue weighted by molar-refractivity contribution is 1.08. The van der Waals surface area contributed by atoms with Crippen LogP contribution in [-0.2, 0) is 0 Å². The van der Waals surface area contributed by atoms with E-state index in [0.717, 1.165) is 28.2 Å². The van der Waals surface area contributed by atoms with E-state index in [0.29, 0.717) is 5.82 Å². The quantitative estimate of drug-likeness (QED) is 0.945. The lowest BCUT2D eigenvalue weighted by atomic mass is 10.3. The van der Waals surface area contributed by atoms with Gasteiger partial charge in [0.05, 0.1) is 4.47 Å². The molecule has 0 atom stereocenters. The predicted octanol–water partition coefficient (Wildman–Crippen LogP) is 3.04. The molecule has 0 aliphatic rings. The fourth-order valence-electron chi connectivity index (χ4n) is 1.45. The van der Waals surface area contributed by atoms with Crippen LogP contribution in [0.5, 0.6) is 0 Å². The molecule has 2 rings (SSSR count). The Labute approximate surface area is 109 Å².